The minimum atomic E-state index is 0.0919. The molecule has 4 rings (SSSR count). The number of hydrogen-bond acceptors (Lipinski definition) is 4. The van der Waals surface area contributed by atoms with Gasteiger partial charge in [0.1, 0.15) is 0 Å². The van der Waals surface area contributed by atoms with Crippen molar-refractivity contribution in [2.24, 2.45) is 5.92 Å². The molecule has 3 heterocycles. The number of para-hydroxylation sites is 1. The molecule has 3 aromatic heterocycles. The van der Waals surface area contributed by atoms with E-state index in [1.165, 1.54) is 0 Å². The number of aromatic nitrogens is 5. The first-order valence-corrected chi connectivity index (χ1v) is 8.85. The predicted molar refractivity (Wildman–Crippen MR) is 101 cm³/mol. The zero-order chi connectivity index (χ0) is 17.9. The van der Waals surface area contributed by atoms with Crippen molar-refractivity contribution in [3.8, 4) is 5.69 Å². The second-order valence-corrected chi connectivity index (χ2v) is 6.68. The molecule has 6 heteroatoms. The Balaban J connectivity index is 1.53. The van der Waals surface area contributed by atoms with Gasteiger partial charge in [0.25, 0.3) is 0 Å². The summed E-state index contributed by atoms with van der Waals surface area (Å²) in [5, 5.41) is 16.9. The van der Waals surface area contributed by atoms with Gasteiger partial charge >= 0.3 is 0 Å². The van der Waals surface area contributed by atoms with Crippen molar-refractivity contribution in [1.82, 2.24) is 29.7 Å². The topological polar surface area (TPSA) is 60.0 Å². The number of nitrogens with zero attached hydrogens (tertiary/aromatic N) is 5. The fourth-order valence-corrected chi connectivity index (χ4v) is 3.09. The molecule has 0 aliphatic carbocycles. The van der Waals surface area contributed by atoms with Gasteiger partial charge < -0.3 is 5.32 Å². The Morgan fingerprint density at radius 1 is 0.923 bits per heavy atom. The van der Waals surface area contributed by atoms with Crippen LogP contribution in [0.5, 0.6) is 0 Å². The van der Waals surface area contributed by atoms with Crippen LogP contribution < -0.4 is 5.32 Å². The second kappa shape index (κ2) is 7.09. The summed E-state index contributed by atoms with van der Waals surface area (Å²) in [6.45, 7) is 5.04. The highest BCUT2D eigenvalue weighted by molar-refractivity contribution is 5.37. The van der Waals surface area contributed by atoms with Crippen LogP contribution in [-0.2, 0) is 6.54 Å². The highest BCUT2D eigenvalue weighted by atomic mass is 15.3. The van der Waals surface area contributed by atoms with E-state index in [4.69, 9.17) is 0 Å². The average molecular weight is 346 g/mol. The predicted octanol–water partition coefficient (Wildman–Crippen LogP) is 3.40. The van der Waals surface area contributed by atoms with E-state index < -0.39 is 0 Å². The molecule has 0 radical (unpaired) electrons. The van der Waals surface area contributed by atoms with Crippen molar-refractivity contribution in [3.05, 3.63) is 78.5 Å². The average Bonchev–Trinajstić information content (AvgIpc) is 3.30. The molecule has 0 saturated carbocycles. The molecule has 26 heavy (non-hydrogen) atoms. The molecule has 0 fully saturated rings. The van der Waals surface area contributed by atoms with Crippen LogP contribution in [-0.4, -0.2) is 24.4 Å². The second-order valence-electron chi connectivity index (χ2n) is 6.68. The van der Waals surface area contributed by atoms with Crippen molar-refractivity contribution >= 4 is 5.65 Å². The summed E-state index contributed by atoms with van der Waals surface area (Å²) in [5.41, 5.74) is 2.92. The van der Waals surface area contributed by atoms with Gasteiger partial charge in [-0.1, -0.05) is 38.1 Å². The quantitative estimate of drug-likeness (QED) is 0.581. The largest absolute Gasteiger partial charge is 0.301 e. The number of rotatable bonds is 6. The molecule has 0 aliphatic rings. The van der Waals surface area contributed by atoms with Crippen LogP contribution in [0, 0.1) is 5.92 Å². The number of fused-ring (bicyclic) bond motifs is 1. The maximum atomic E-state index is 4.67. The van der Waals surface area contributed by atoms with Gasteiger partial charge in [-0.25, -0.2) is 4.68 Å². The van der Waals surface area contributed by atoms with Crippen molar-refractivity contribution < 1.29 is 0 Å². The summed E-state index contributed by atoms with van der Waals surface area (Å²) in [7, 11) is 0. The third-order valence-corrected chi connectivity index (χ3v) is 4.45. The maximum absolute atomic E-state index is 4.67. The van der Waals surface area contributed by atoms with Gasteiger partial charge in [-0.3, -0.25) is 4.40 Å². The molecule has 1 N–H and O–H groups in total. The molecule has 1 aromatic carbocycles. The highest BCUT2D eigenvalue weighted by Crippen LogP contribution is 2.21. The third-order valence-electron chi connectivity index (χ3n) is 4.45. The van der Waals surface area contributed by atoms with Crippen molar-refractivity contribution in [1.29, 1.82) is 0 Å². The van der Waals surface area contributed by atoms with Crippen molar-refractivity contribution in [3.63, 3.8) is 0 Å². The summed E-state index contributed by atoms with van der Waals surface area (Å²) < 4.78 is 3.94. The van der Waals surface area contributed by atoms with E-state index in [0.717, 1.165) is 22.9 Å². The smallest absolute Gasteiger partial charge is 0.160 e. The summed E-state index contributed by atoms with van der Waals surface area (Å²) in [6.07, 6.45) is 4.00. The van der Waals surface area contributed by atoms with Crippen molar-refractivity contribution in [2.75, 3.05) is 0 Å². The number of hydrogen-bond donors (Lipinski definition) is 1. The van der Waals surface area contributed by atoms with Gasteiger partial charge in [0.2, 0.25) is 0 Å². The van der Waals surface area contributed by atoms with E-state index in [-0.39, 0.29) is 6.04 Å². The van der Waals surface area contributed by atoms with E-state index in [9.17, 15) is 0 Å². The fourth-order valence-electron chi connectivity index (χ4n) is 3.09. The first kappa shape index (κ1) is 16.5. The molecule has 132 valence electrons. The molecule has 0 spiro atoms. The molecule has 6 nitrogen and oxygen atoms in total. The Bertz CT molecular complexity index is 986. The van der Waals surface area contributed by atoms with Crippen LogP contribution >= 0.6 is 0 Å². The van der Waals surface area contributed by atoms with Crippen LogP contribution in [0.1, 0.15) is 31.4 Å². The Labute approximate surface area is 152 Å². The summed E-state index contributed by atoms with van der Waals surface area (Å²) in [4.78, 5) is 0. The van der Waals surface area contributed by atoms with E-state index in [1.54, 1.807) is 0 Å². The first-order chi connectivity index (χ1) is 12.7. The van der Waals surface area contributed by atoms with Crippen LogP contribution in [0.4, 0.5) is 0 Å². The molecule has 4 aromatic rings. The number of nitrogens with one attached hydrogen (secondary N) is 1. The molecule has 1 atom stereocenters. The lowest BCUT2D eigenvalue weighted by molar-refractivity contribution is 0.388. The minimum absolute atomic E-state index is 0.0919. The third kappa shape index (κ3) is 3.23. The zero-order valence-corrected chi connectivity index (χ0v) is 14.9. The SMILES string of the molecule is CC(C)[C@H](NCc1ccn(-c2ccccc2)n1)c1nnc2ccccn12. The van der Waals surface area contributed by atoms with Gasteiger partial charge in [-0.15, -0.1) is 10.2 Å². The summed E-state index contributed by atoms with van der Waals surface area (Å²) in [6, 6.07) is 18.2. The van der Waals surface area contributed by atoms with Crippen LogP contribution in [0.25, 0.3) is 11.3 Å². The summed E-state index contributed by atoms with van der Waals surface area (Å²) >= 11 is 0. The Morgan fingerprint density at radius 3 is 2.54 bits per heavy atom. The fraction of sp³-hybridized carbons (Fsp3) is 0.250. The molecule has 0 aliphatic heterocycles. The van der Waals surface area contributed by atoms with Gasteiger partial charge in [-0.05, 0) is 36.2 Å². The molecular formula is C20H22N6. The monoisotopic (exact) mass is 346 g/mol. The molecule has 0 saturated heterocycles. The van der Waals surface area contributed by atoms with E-state index in [2.05, 4.69) is 34.5 Å². The lowest BCUT2D eigenvalue weighted by Crippen LogP contribution is -2.27. The van der Waals surface area contributed by atoms with E-state index in [1.807, 2.05) is 76.1 Å². The number of benzene rings is 1. The van der Waals surface area contributed by atoms with Crippen LogP contribution in [0.2, 0.25) is 0 Å². The Hall–Kier alpha value is -2.99. The molecule has 0 unspecified atom stereocenters. The molecular weight excluding hydrogens is 324 g/mol. The minimum Gasteiger partial charge on any atom is -0.301 e. The van der Waals surface area contributed by atoms with Gasteiger partial charge in [-0.2, -0.15) is 5.10 Å². The highest BCUT2D eigenvalue weighted by Gasteiger charge is 2.21. The lowest BCUT2D eigenvalue weighted by atomic mass is 10.0. The normalized spacial score (nSPS) is 12.7. The van der Waals surface area contributed by atoms with Crippen LogP contribution in [0.15, 0.2) is 67.0 Å². The molecule has 0 amide bonds. The zero-order valence-electron chi connectivity index (χ0n) is 14.9. The van der Waals surface area contributed by atoms with E-state index in [0.29, 0.717) is 12.5 Å². The standard InChI is InChI=1S/C20H22N6/c1-15(2)19(20-23-22-18-10-6-7-12-25(18)20)21-14-16-11-13-26(24-16)17-8-4-3-5-9-17/h3-13,15,19,21H,14H2,1-2H3/t19-/m0/s1. The molecule has 0 bridgehead atoms. The Morgan fingerprint density at radius 2 is 1.73 bits per heavy atom. The summed E-state index contributed by atoms with van der Waals surface area (Å²) in [5.74, 6) is 1.30. The Kier molecular flexibility index (Phi) is 4.50. The number of pyridine rings is 1. The van der Waals surface area contributed by atoms with Crippen molar-refractivity contribution in [2.45, 2.75) is 26.4 Å². The maximum Gasteiger partial charge on any atom is 0.160 e. The lowest BCUT2D eigenvalue weighted by Gasteiger charge is -2.20. The first-order valence-electron chi connectivity index (χ1n) is 8.85. The van der Waals surface area contributed by atoms with Crippen LogP contribution in [0.3, 0.4) is 0 Å². The van der Waals surface area contributed by atoms with Gasteiger partial charge in [0.15, 0.2) is 11.5 Å². The van der Waals surface area contributed by atoms with Gasteiger partial charge in [0.05, 0.1) is 17.4 Å². The van der Waals surface area contributed by atoms with E-state index >= 15 is 0 Å². The van der Waals surface area contributed by atoms with Gasteiger partial charge in [0, 0.05) is 18.9 Å².